The zero-order valence-corrected chi connectivity index (χ0v) is 10.1. The molecule has 0 aliphatic heterocycles. The molecule has 1 aliphatic carbocycles. The van der Waals surface area contributed by atoms with E-state index in [1.54, 1.807) is 0 Å². The Morgan fingerprint density at radius 3 is 3.06 bits per heavy atom. The lowest BCUT2D eigenvalue weighted by molar-refractivity contribution is -0.117. The van der Waals surface area contributed by atoms with Gasteiger partial charge in [0, 0.05) is 22.8 Å². The molecule has 1 atom stereocenters. The normalized spacial score (nSPS) is 16.7. The average molecular weight is 243 g/mol. The minimum absolute atomic E-state index is 0.0863. The maximum Gasteiger partial charge on any atom is 0.241 e. The highest BCUT2D eigenvalue weighted by atomic mass is 16.2. The number of aromatic nitrogens is 1. The van der Waals surface area contributed by atoms with Crippen LogP contribution in [0.2, 0.25) is 0 Å². The fourth-order valence-corrected chi connectivity index (χ4v) is 2.19. The molecule has 1 amide bonds. The van der Waals surface area contributed by atoms with Crippen LogP contribution in [0.25, 0.3) is 10.9 Å². The van der Waals surface area contributed by atoms with Crippen molar-refractivity contribution in [3.05, 3.63) is 30.5 Å². The van der Waals surface area contributed by atoms with Crippen LogP contribution < -0.4 is 11.1 Å². The highest BCUT2D eigenvalue weighted by Crippen LogP contribution is 2.33. The van der Waals surface area contributed by atoms with Gasteiger partial charge in [-0.2, -0.15) is 0 Å². The molecule has 4 heteroatoms. The van der Waals surface area contributed by atoms with Crippen LogP contribution in [0, 0.1) is 5.92 Å². The minimum Gasteiger partial charge on any atom is -0.361 e. The number of rotatable bonds is 4. The second-order valence-electron chi connectivity index (χ2n) is 5.05. The summed E-state index contributed by atoms with van der Waals surface area (Å²) in [6, 6.07) is 7.39. The fourth-order valence-electron chi connectivity index (χ4n) is 2.19. The van der Waals surface area contributed by atoms with Crippen molar-refractivity contribution < 1.29 is 4.79 Å². The number of nitrogens with two attached hydrogens (primary N) is 1. The van der Waals surface area contributed by atoms with Crippen LogP contribution in [0.3, 0.4) is 0 Å². The van der Waals surface area contributed by atoms with Crippen molar-refractivity contribution in [2.45, 2.75) is 25.3 Å². The lowest BCUT2D eigenvalue weighted by atomic mass is 10.1. The third kappa shape index (κ3) is 2.38. The molecule has 94 valence electrons. The Hall–Kier alpha value is -1.81. The maximum atomic E-state index is 11.9. The molecule has 3 rings (SSSR count). The number of fused-ring (bicyclic) bond motifs is 1. The van der Waals surface area contributed by atoms with Gasteiger partial charge in [-0.15, -0.1) is 0 Å². The van der Waals surface area contributed by atoms with Crippen LogP contribution >= 0.6 is 0 Å². The summed E-state index contributed by atoms with van der Waals surface area (Å²) in [4.78, 5) is 15.0. The van der Waals surface area contributed by atoms with E-state index in [1.165, 1.54) is 12.8 Å². The fraction of sp³-hybridized carbons (Fsp3) is 0.357. The second-order valence-corrected chi connectivity index (χ2v) is 5.05. The molecule has 1 saturated carbocycles. The summed E-state index contributed by atoms with van der Waals surface area (Å²) >= 11 is 0. The summed E-state index contributed by atoms with van der Waals surface area (Å²) in [5, 5.41) is 3.97. The lowest BCUT2D eigenvalue weighted by Gasteiger charge is -2.11. The zero-order valence-electron chi connectivity index (χ0n) is 10.1. The molecule has 0 saturated heterocycles. The molecule has 1 aromatic carbocycles. The van der Waals surface area contributed by atoms with Gasteiger partial charge in [-0.1, -0.05) is 12.8 Å². The van der Waals surface area contributed by atoms with Crippen molar-refractivity contribution >= 4 is 22.5 Å². The molecule has 0 radical (unpaired) electrons. The van der Waals surface area contributed by atoms with Crippen molar-refractivity contribution in [2.24, 2.45) is 11.7 Å². The monoisotopic (exact) mass is 243 g/mol. The summed E-state index contributed by atoms with van der Waals surface area (Å²) in [7, 11) is 0. The predicted molar refractivity (Wildman–Crippen MR) is 72.2 cm³/mol. The average Bonchev–Trinajstić information content (AvgIpc) is 3.05. The molecule has 0 spiro atoms. The van der Waals surface area contributed by atoms with Crippen LogP contribution in [-0.4, -0.2) is 16.9 Å². The number of carbonyl (C=O) groups excluding carboxylic acids is 1. The molecule has 1 heterocycles. The first-order valence-corrected chi connectivity index (χ1v) is 6.36. The van der Waals surface area contributed by atoms with Gasteiger partial charge >= 0.3 is 0 Å². The Kier molecular flexibility index (Phi) is 2.80. The van der Waals surface area contributed by atoms with Crippen LogP contribution in [-0.2, 0) is 4.79 Å². The smallest absolute Gasteiger partial charge is 0.241 e. The molecular weight excluding hydrogens is 226 g/mol. The molecule has 1 aromatic heterocycles. The SMILES string of the molecule is N[C@@H](CC1CC1)C(=O)Nc1ccc2[nH]ccc2c1. The first kappa shape index (κ1) is 11.3. The van der Waals surface area contributed by atoms with E-state index in [9.17, 15) is 4.79 Å². The predicted octanol–water partition coefficient (Wildman–Crippen LogP) is 2.23. The van der Waals surface area contributed by atoms with E-state index in [1.807, 2.05) is 30.5 Å². The highest BCUT2D eigenvalue weighted by molar-refractivity contribution is 5.96. The Labute approximate surface area is 106 Å². The second kappa shape index (κ2) is 4.46. The van der Waals surface area contributed by atoms with E-state index in [0.717, 1.165) is 23.0 Å². The van der Waals surface area contributed by atoms with Gasteiger partial charge in [-0.05, 0) is 36.6 Å². The standard InChI is InChI=1S/C14H17N3O/c15-12(7-9-1-2-9)14(18)17-11-3-4-13-10(8-11)5-6-16-13/h3-6,8-9,12,16H,1-2,7,15H2,(H,17,18)/t12-/m0/s1. The summed E-state index contributed by atoms with van der Waals surface area (Å²) < 4.78 is 0. The molecule has 0 bridgehead atoms. The first-order valence-electron chi connectivity index (χ1n) is 6.36. The molecule has 4 nitrogen and oxygen atoms in total. The van der Waals surface area contributed by atoms with E-state index in [2.05, 4.69) is 10.3 Å². The Morgan fingerprint density at radius 1 is 1.44 bits per heavy atom. The van der Waals surface area contributed by atoms with Crippen molar-refractivity contribution in [2.75, 3.05) is 5.32 Å². The minimum atomic E-state index is -0.389. The highest BCUT2D eigenvalue weighted by Gasteiger charge is 2.26. The largest absolute Gasteiger partial charge is 0.361 e. The van der Waals surface area contributed by atoms with Crippen molar-refractivity contribution in [1.82, 2.24) is 4.98 Å². The van der Waals surface area contributed by atoms with Gasteiger partial charge in [-0.25, -0.2) is 0 Å². The van der Waals surface area contributed by atoms with Gasteiger partial charge in [0.05, 0.1) is 6.04 Å². The third-order valence-electron chi connectivity index (χ3n) is 3.44. The molecule has 1 aliphatic rings. The summed E-state index contributed by atoms with van der Waals surface area (Å²) in [6.07, 6.45) is 5.12. The molecular formula is C14H17N3O. The number of H-pyrrole nitrogens is 1. The molecule has 18 heavy (non-hydrogen) atoms. The van der Waals surface area contributed by atoms with E-state index in [-0.39, 0.29) is 11.9 Å². The molecule has 2 aromatic rings. The Balaban J connectivity index is 1.68. The lowest BCUT2D eigenvalue weighted by Crippen LogP contribution is -2.35. The molecule has 4 N–H and O–H groups in total. The molecule has 1 fully saturated rings. The van der Waals surface area contributed by atoms with E-state index < -0.39 is 0 Å². The summed E-state index contributed by atoms with van der Waals surface area (Å²) in [5.74, 6) is 0.578. The van der Waals surface area contributed by atoms with Crippen molar-refractivity contribution in [1.29, 1.82) is 0 Å². The topological polar surface area (TPSA) is 70.9 Å². The van der Waals surface area contributed by atoms with E-state index >= 15 is 0 Å². The summed E-state index contributed by atoms with van der Waals surface area (Å²) in [5.41, 5.74) is 7.75. The Bertz CT molecular complexity index is 571. The number of benzene rings is 1. The van der Waals surface area contributed by atoms with Gasteiger partial charge in [0.15, 0.2) is 0 Å². The van der Waals surface area contributed by atoms with Crippen molar-refractivity contribution in [3.8, 4) is 0 Å². The quantitative estimate of drug-likeness (QED) is 0.770. The van der Waals surface area contributed by atoms with Gasteiger partial charge in [0.2, 0.25) is 5.91 Å². The van der Waals surface area contributed by atoms with E-state index in [4.69, 9.17) is 5.73 Å². The summed E-state index contributed by atoms with van der Waals surface area (Å²) in [6.45, 7) is 0. The van der Waals surface area contributed by atoms with Gasteiger partial charge in [0.1, 0.15) is 0 Å². The Morgan fingerprint density at radius 2 is 2.28 bits per heavy atom. The number of aromatic amines is 1. The van der Waals surface area contributed by atoms with Gasteiger partial charge < -0.3 is 16.0 Å². The van der Waals surface area contributed by atoms with Crippen molar-refractivity contribution in [3.63, 3.8) is 0 Å². The third-order valence-corrected chi connectivity index (χ3v) is 3.44. The number of nitrogens with one attached hydrogen (secondary N) is 2. The number of amides is 1. The van der Waals surface area contributed by atoms with Crippen LogP contribution in [0.5, 0.6) is 0 Å². The number of hydrogen-bond acceptors (Lipinski definition) is 2. The van der Waals surface area contributed by atoms with Crippen LogP contribution in [0.15, 0.2) is 30.5 Å². The van der Waals surface area contributed by atoms with Crippen LogP contribution in [0.1, 0.15) is 19.3 Å². The number of carbonyl (C=O) groups is 1. The first-order chi connectivity index (χ1) is 8.72. The zero-order chi connectivity index (χ0) is 12.5. The van der Waals surface area contributed by atoms with E-state index in [0.29, 0.717) is 5.92 Å². The number of anilines is 1. The van der Waals surface area contributed by atoms with Crippen LogP contribution in [0.4, 0.5) is 5.69 Å². The molecule has 0 unspecified atom stereocenters. The van der Waals surface area contributed by atoms with Gasteiger partial charge in [0.25, 0.3) is 0 Å². The maximum absolute atomic E-state index is 11.9. The number of hydrogen-bond donors (Lipinski definition) is 3. The van der Waals surface area contributed by atoms with Gasteiger partial charge in [-0.3, -0.25) is 4.79 Å².